The van der Waals surface area contributed by atoms with E-state index in [1.54, 1.807) is 19.1 Å². The van der Waals surface area contributed by atoms with Crippen LogP contribution < -0.4 is 14.8 Å². The molecule has 28 heavy (non-hydrogen) atoms. The molecule has 0 aromatic heterocycles. The van der Waals surface area contributed by atoms with Gasteiger partial charge in [-0.05, 0) is 56.7 Å². The average molecular weight is 386 g/mol. The first-order valence-corrected chi connectivity index (χ1v) is 10.1. The van der Waals surface area contributed by atoms with Crippen LogP contribution in [0.25, 0.3) is 0 Å². The number of hydrogen-bond acceptors (Lipinski definition) is 4. The maximum absolute atomic E-state index is 13.2. The number of rotatable bonds is 7. The molecular weight excluding hydrogens is 356 g/mol. The average Bonchev–Trinajstić information content (AvgIpc) is 2.73. The molecule has 1 aliphatic carbocycles. The number of benzene rings is 1. The number of carbonyl (C=O) groups is 2. The van der Waals surface area contributed by atoms with Gasteiger partial charge in [0.05, 0.1) is 19.6 Å². The van der Waals surface area contributed by atoms with Crippen molar-refractivity contribution >= 4 is 11.8 Å². The SMILES string of the molecule is CCN1C(=O)CCC2(C(=O)NCCc3ccc(OC)c(OC)c3)CCCC=C12. The Kier molecular flexibility index (Phi) is 6.27. The maximum atomic E-state index is 13.2. The van der Waals surface area contributed by atoms with E-state index in [-0.39, 0.29) is 11.8 Å². The van der Waals surface area contributed by atoms with E-state index in [1.807, 2.05) is 25.1 Å². The standard InChI is InChI=1S/C22H30N2O4/c1-4-24-19-7-5-6-12-22(19,13-10-20(24)25)21(26)23-14-11-16-8-9-17(27-2)18(15-16)28-3/h7-9,15H,4-6,10-14H2,1-3H3,(H,23,26). The van der Waals surface area contributed by atoms with Gasteiger partial charge in [0, 0.05) is 25.2 Å². The van der Waals surface area contributed by atoms with Gasteiger partial charge in [-0.15, -0.1) is 0 Å². The first-order chi connectivity index (χ1) is 13.6. The lowest BCUT2D eigenvalue weighted by molar-refractivity contribution is -0.140. The van der Waals surface area contributed by atoms with Crippen LogP contribution in [0.15, 0.2) is 30.0 Å². The summed E-state index contributed by atoms with van der Waals surface area (Å²) >= 11 is 0. The molecule has 1 aromatic rings. The van der Waals surface area contributed by atoms with Crippen LogP contribution >= 0.6 is 0 Å². The molecule has 0 radical (unpaired) electrons. The summed E-state index contributed by atoms with van der Waals surface area (Å²) in [6.07, 6.45) is 6.57. The highest BCUT2D eigenvalue weighted by Gasteiger charge is 2.48. The topological polar surface area (TPSA) is 67.9 Å². The van der Waals surface area contributed by atoms with Crippen molar-refractivity contribution in [2.24, 2.45) is 5.41 Å². The fourth-order valence-electron chi connectivity index (χ4n) is 4.39. The molecule has 1 N–H and O–H groups in total. The first kappa shape index (κ1) is 20.2. The molecule has 0 bridgehead atoms. The summed E-state index contributed by atoms with van der Waals surface area (Å²) in [4.78, 5) is 27.3. The third kappa shape index (κ3) is 3.73. The van der Waals surface area contributed by atoms with Crippen molar-refractivity contribution in [3.63, 3.8) is 0 Å². The fourth-order valence-corrected chi connectivity index (χ4v) is 4.39. The van der Waals surface area contributed by atoms with E-state index in [1.165, 1.54) is 0 Å². The zero-order chi connectivity index (χ0) is 20.1. The molecule has 0 spiro atoms. The number of nitrogens with zero attached hydrogens (tertiary/aromatic N) is 1. The van der Waals surface area contributed by atoms with Gasteiger partial charge in [0.15, 0.2) is 11.5 Å². The molecule has 1 unspecified atom stereocenters. The van der Waals surface area contributed by atoms with E-state index in [4.69, 9.17) is 9.47 Å². The summed E-state index contributed by atoms with van der Waals surface area (Å²) in [5, 5.41) is 3.13. The summed E-state index contributed by atoms with van der Waals surface area (Å²) in [6.45, 7) is 3.13. The predicted molar refractivity (Wildman–Crippen MR) is 107 cm³/mol. The number of allylic oxidation sites excluding steroid dienone is 1. The van der Waals surface area contributed by atoms with Crippen molar-refractivity contribution in [1.29, 1.82) is 0 Å². The molecule has 6 heteroatoms. The van der Waals surface area contributed by atoms with Gasteiger partial charge in [-0.3, -0.25) is 9.59 Å². The van der Waals surface area contributed by atoms with Crippen LogP contribution in [0.4, 0.5) is 0 Å². The smallest absolute Gasteiger partial charge is 0.232 e. The molecule has 1 heterocycles. The third-order valence-corrected chi connectivity index (χ3v) is 5.89. The van der Waals surface area contributed by atoms with Crippen LogP contribution in [0.2, 0.25) is 0 Å². The molecule has 1 aromatic carbocycles. The number of piperidine rings is 1. The number of methoxy groups -OCH3 is 2. The molecule has 152 valence electrons. The van der Waals surface area contributed by atoms with Crippen LogP contribution in [0, 0.1) is 5.41 Å². The number of ether oxygens (including phenoxy) is 2. The van der Waals surface area contributed by atoms with Gasteiger partial charge < -0.3 is 19.7 Å². The molecule has 1 saturated heterocycles. The Balaban J connectivity index is 1.68. The van der Waals surface area contributed by atoms with Crippen LogP contribution in [-0.2, 0) is 16.0 Å². The molecule has 1 fully saturated rings. The van der Waals surface area contributed by atoms with Gasteiger partial charge in [-0.25, -0.2) is 0 Å². The number of hydrogen-bond donors (Lipinski definition) is 1. The highest BCUT2D eigenvalue weighted by Crippen LogP contribution is 2.46. The van der Waals surface area contributed by atoms with Crippen molar-refractivity contribution in [3.05, 3.63) is 35.5 Å². The van der Waals surface area contributed by atoms with Gasteiger partial charge in [0.1, 0.15) is 0 Å². The molecule has 1 atom stereocenters. The lowest BCUT2D eigenvalue weighted by Gasteiger charge is -2.45. The monoisotopic (exact) mass is 386 g/mol. The lowest BCUT2D eigenvalue weighted by Crippen LogP contribution is -2.53. The van der Waals surface area contributed by atoms with Crippen LogP contribution in [0.5, 0.6) is 11.5 Å². The summed E-state index contributed by atoms with van der Waals surface area (Å²) in [5.74, 6) is 1.55. The van der Waals surface area contributed by atoms with Crippen LogP contribution in [0.3, 0.4) is 0 Å². The van der Waals surface area contributed by atoms with Gasteiger partial charge in [0.25, 0.3) is 0 Å². The minimum absolute atomic E-state index is 0.0462. The number of amides is 2. The Morgan fingerprint density at radius 3 is 2.71 bits per heavy atom. The number of nitrogens with one attached hydrogen (secondary N) is 1. The van der Waals surface area contributed by atoms with Crippen molar-refractivity contribution in [2.45, 2.75) is 45.4 Å². The first-order valence-electron chi connectivity index (χ1n) is 10.1. The van der Waals surface area contributed by atoms with Crippen LogP contribution in [-0.4, -0.2) is 44.0 Å². The Morgan fingerprint density at radius 1 is 1.21 bits per heavy atom. The van der Waals surface area contributed by atoms with E-state index < -0.39 is 5.41 Å². The maximum Gasteiger partial charge on any atom is 0.232 e. The normalized spacial score (nSPS) is 21.6. The van der Waals surface area contributed by atoms with Crippen molar-refractivity contribution < 1.29 is 19.1 Å². The molecule has 3 rings (SSSR count). The minimum Gasteiger partial charge on any atom is -0.493 e. The zero-order valence-electron chi connectivity index (χ0n) is 17.0. The quantitative estimate of drug-likeness (QED) is 0.782. The molecule has 2 aliphatic rings. The summed E-state index contributed by atoms with van der Waals surface area (Å²) in [7, 11) is 3.23. The molecule has 0 saturated carbocycles. The Hall–Kier alpha value is -2.50. The second-order valence-corrected chi connectivity index (χ2v) is 7.40. The van der Waals surface area contributed by atoms with Gasteiger partial charge in [-0.1, -0.05) is 12.1 Å². The highest BCUT2D eigenvalue weighted by molar-refractivity contribution is 5.91. The largest absolute Gasteiger partial charge is 0.493 e. The Labute approximate surface area is 166 Å². The van der Waals surface area contributed by atoms with Crippen molar-refractivity contribution in [2.75, 3.05) is 27.3 Å². The Bertz CT molecular complexity index is 774. The van der Waals surface area contributed by atoms with Crippen LogP contribution in [0.1, 0.15) is 44.6 Å². The van der Waals surface area contributed by atoms with E-state index in [0.29, 0.717) is 43.9 Å². The minimum atomic E-state index is -0.556. The Morgan fingerprint density at radius 2 is 2.00 bits per heavy atom. The molecule has 2 amide bonds. The highest BCUT2D eigenvalue weighted by atomic mass is 16.5. The predicted octanol–water partition coefficient (Wildman–Crippen LogP) is 3.06. The van der Waals surface area contributed by atoms with E-state index >= 15 is 0 Å². The van der Waals surface area contributed by atoms with Gasteiger partial charge in [0.2, 0.25) is 11.8 Å². The molecule has 1 aliphatic heterocycles. The van der Waals surface area contributed by atoms with E-state index in [2.05, 4.69) is 11.4 Å². The van der Waals surface area contributed by atoms with E-state index in [0.717, 1.165) is 30.5 Å². The molecular formula is C22H30N2O4. The van der Waals surface area contributed by atoms with E-state index in [9.17, 15) is 9.59 Å². The number of fused-ring (bicyclic) bond motifs is 1. The second-order valence-electron chi connectivity index (χ2n) is 7.40. The van der Waals surface area contributed by atoms with Crippen molar-refractivity contribution in [3.8, 4) is 11.5 Å². The van der Waals surface area contributed by atoms with Gasteiger partial charge >= 0.3 is 0 Å². The van der Waals surface area contributed by atoms with Crippen molar-refractivity contribution in [1.82, 2.24) is 10.2 Å². The summed E-state index contributed by atoms with van der Waals surface area (Å²) < 4.78 is 10.6. The second kappa shape index (κ2) is 8.67. The number of likely N-dealkylation sites (tertiary alicyclic amines) is 1. The summed E-state index contributed by atoms with van der Waals surface area (Å²) in [5.41, 5.74) is 1.43. The zero-order valence-corrected chi connectivity index (χ0v) is 17.0. The fraction of sp³-hybridized carbons (Fsp3) is 0.545. The lowest BCUT2D eigenvalue weighted by atomic mass is 9.69. The summed E-state index contributed by atoms with van der Waals surface area (Å²) in [6, 6.07) is 5.80. The molecule has 6 nitrogen and oxygen atoms in total. The number of carbonyl (C=O) groups excluding carboxylic acids is 2. The van der Waals surface area contributed by atoms with Gasteiger partial charge in [-0.2, -0.15) is 0 Å². The third-order valence-electron chi connectivity index (χ3n) is 5.89.